The number of nitrogens with one attached hydrogen (secondary N) is 1. The minimum Gasteiger partial charge on any atom is -0.289 e. The van der Waals surface area contributed by atoms with E-state index in [1.165, 1.54) is 15.9 Å². The van der Waals surface area contributed by atoms with Crippen molar-refractivity contribution in [3.63, 3.8) is 0 Å². The number of thiazole rings is 1. The summed E-state index contributed by atoms with van der Waals surface area (Å²) < 4.78 is 79.6. The topological polar surface area (TPSA) is 59.3 Å². The molecule has 1 N–H and O–H groups in total. The van der Waals surface area contributed by atoms with Gasteiger partial charge in [0.25, 0.3) is 11.9 Å². The number of benzene rings is 2. The van der Waals surface area contributed by atoms with Crippen LogP contribution in [0.25, 0.3) is 16.2 Å². The van der Waals surface area contributed by atoms with Crippen LogP contribution in [0.15, 0.2) is 47.8 Å². The molecule has 166 valence electrons. The van der Waals surface area contributed by atoms with Gasteiger partial charge in [-0.05, 0) is 25.1 Å². The van der Waals surface area contributed by atoms with Crippen LogP contribution >= 0.6 is 11.3 Å². The molecule has 2 heterocycles. The summed E-state index contributed by atoms with van der Waals surface area (Å²) in [6.07, 6.45) is -10.1. The molecule has 0 radical (unpaired) electrons. The maximum absolute atomic E-state index is 13.0. The molecule has 0 saturated carbocycles. The first-order chi connectivity index (χ1) is 14.9. The number of aryl methyl sites for hydroxylation is 1. The van der Waals surface area contributed by atoms with Gasteiger partial charge in [-0.3, -0.25) is 10.1 Å². The van der Waals surface area contributed by atoms with Crippen LogP contribution in [0.4, 0.5) is 32.3 Å². The van der Waals surface area contributed by atoms with Gasteiger partial charge in [-0.2, -0.15) is 31.3 Å². The number of carbonyl (C=O) groups excluding carboxylic acids is 1. The highest BCUT2D eigenvalue weighted by Gasteiger charge is 2.37. The smallest absolute Gasteiger partial charge is 0.289 e. The molecule has 0 atom stereocenters. The first-order valence-corrected chi connectivity index (χ1v) is 9.82. The third-order valence-electron chi connectivity index (χ3n) is 4.50. The third-order valence-corrected chi connectivity index (χ3v) is 5.32. The summed E-state index contributed by atoms with van der Waals surface area (Å²) >= 11 is 1.21. The van der Waals surface area contributed by atoms with Crippen molar-refractivity contribution in [3.8, 4) is 11.3 Å². The number of hydrogen-bond donors (Lipinski definition) is 1. The van der Waals surface area contributed by atoms with E-state index in [0.29, 0.717) is 22.8 Å². The summed E-state index contributed by atoms with van der Waals surface area (Å²) in [7, 11) is 0. The molecule has 0 spiro atoms. The van der Waals surface area contributed by atoms with Crippen molar-refractivity contribution >= 4 is 28.2 Å². The van der Waals surface area contributed by atoms with E-state index < -0.39 is 35.0 Å². The fraction of sp³-hybridized carbons (Fsp3) is 0.150. The predicted molar refractivity (Wildman–Crippen MR) is 105 cm³/mol. The van der Waals surface area contributed by atoms with Gasteiger partial charge in [0.1, 0.15) is 0 Å². The zero-order valence-electron chi connectivity index (χ0n) is 16.0. The van der Waals surface area contributed by atoms with E-state index in [9.17, 15) is 31.1 Å². The molecule has 0 aliphatic heterocycles. The van der Waals surface area contributed by atoms with Crippen LogP contribution in [0.3, 0.4) is 0 Å². The largest absolute Gasteiger partial charge is 0.416 e. The minimum absolute atomic E-state index is 0.0462. The van der Waals surface area contributed by atoms with Crippen LogP contribution in [0.5, 0.6) is 0 Å². The number of fused-ring (bicyclic) bond motifs is 1. The van der Waals surface area contributed by atoms with Gasteiger partial charge < -0.3 is 0 Å². The summed E-state index contributed by atoms with van der Waals surface area (Å²) in [5.74, 6) is -1.45. The van der Waals surface area contributed by atoms with Crippen molar-refractivity contribution in [2.75, 3.05) is 5.32 Å². The van der Waals surface area contributed by atoms with E-state index in [0.717, 1.165) is 11.1 Å². The first-order valence-electron chi connectivity index (χ1n) is 8.94. The minimum atomic E-state index is -5.06. The summed E-state index contributed by atoms with van der Waals surface area (Å²) in [6, 6.07) is 8.15. The van der Waals surface area contributed by atoms with Crippen molar-refractivity contribution in [3.05, 3.63) is 70.1 Å². The molecule has 1 amide bonds. The molecule has 0 aliphatic rings. The van der Waals surface area contributed by atoms with Gasteiger partial charge in [0, 0.05) is 16.5 Å². The standard InChI is InChI=1S/C20H12F6N4OS/c1-10-2-4-11(5-3-10)15-9-32-18-28-17(29-30(15)18)27-16(31)12-6-13(19(21,22)23)8-14(7-12)20(24,25)26/h2-9H,1H3,(H,27,29,31). The number of halogens is 6. The van der Waals surface area contributed by atoms with Gasteiger partial charge >= 0.3 is 12.4 Å². The SMILES string of the molecule is Cc1ccc(-c2csc3nc(NC(=O)c4cc(C(F)(F)F)cc(C(F)(F)F)c4)nn23)cc1. The zero-order chi connectivity index (χ0) is 23.3. The first kappa shape index (κ1) is 21.8. The van der Waals surface area contributed by atoms with Crippen molar-refractivity contribution in [1.29, 1.82) is 0 Å². The molecule has 2 aromatic heterocycles. The molecule has 4 aromatic rings. The average Bonchev–Trinajstić information content (AvgIpc) is 3.27. The molecule has 0 aliphatic carbocycles. The predicted octanol–water partition coefficient (Wildman–Crippen LogP) is 6.06. The van der Waals surface area contributed by atoms with Crippen LogP contribution in [-0.4, -0.2) is 20.5 Å². The fourth-order valence-corrected chi connectivity index (χ4v) is 3.75. The number of anilines is 1. The summed E-state index contributed by atoms with van der Waals surface area (Å²) in [5, 5.41) is 8.07. The molecule has 12 heteroatoms. The fourth-order valence-electron chi connectivity index (χ4n) is 2.92. The lowest BCUT2D eigenvalue weighted by Gasteiger charge is -2.13. The Hall–Kier alpha value is -3.41. The van der Waals surface area contributed by atoms with Crippen LogP contribution in [0.1, 0.15) is 27.0 Å². The van der Waals surface area contributed by atoms with E-state index >= 15 is 0 Å². The van der Waals surface area contributed by atoms with E-state index in [4.69, 9.17) is 0 Å². The van der Waals surface area contributed by atoms with Gasteiger partial charge in [0.2, 0.25) is 4.96 Å². The maximum atomic E-state index is 13.0. The van der Waals surface area contributed by atoms with Crippen LogP contribution in [-0.2, 0) is 12.4 Å². The molecular weight excluding hydrogens is 458 g/mol. The van der Waals surface area contributed by atoms with E-state index in [-0.39, 0.29) is 12.0 Å². The van der Waals surface area contributed by atoms with E-state index in [1.807, 2.05) is 31.2 Å². The molecular formula is C20H12F6N4OS. The van der Waals surface area contributed by atoms with Crippen molar-refractivity contribution < 1.29 is 31.1 Å². The number of hydrogen-bond acceptors (Lipinski definition) is 4. The second-order valence-corrected chi connectivity index (χ2v) is 7.70. The van der Waals surface area contributed by atoms with Gasteiger partial charge in [-0.1, -0.05) is 29.8 Å². The van der Waals surface area contributed by atoms with Gasteiger partial charge in [-0.25, -0.2) is 4.52 Å². The number of nitrogens with zero attached hydrogens (tertiary/aromatic N) is 3. The highest BCUT2D eigenvalue weighted by Crippen LogP contribution is 2.36. The molecule has 5 nitrogen and oxygen atoms in total. The highest BCUT2D eigenvalue weighted by molar-refractivity contribution is 7.15. The third kappa shape index (κ3) is 4.31. The summed E-state index contributed by atoms with van der Waals surface area (Å²) in [4.78, 5) is 16.9. The Bertz CT molecular complexity index is 1270. The number of carbonyl (C=O) groups is 1. The normalized spacial score (nSPS) is 12.3. The van der Waals surface area contributed by atoms with Gasteiger partial charge in [0.15, 0.2) is 0 Å². The van der Waals surface area contributed by atoms with E-state index in [2.05, 4.69) is 15.4 Å². The lowest BCUT2D eigenvalue weighted by molar-refractivity contribution is -0.143. The second kappa shape index (κ2) is 7.62. The Balaban J connectivity index is 1.66. The number of rotatable bonds is 3. The molecule has 2 aromatic carbocycles. The van der Waals surface area contributed by atoms with Crippen molar-refractivity contribution in [1.82, 2.24) is 14.6 Å². The maximum Gasteiger partial charge on any atom is 0.416 e. The number of aromatic nitrogens is 3. The Labute approximate surface area is 180 Å². The van der Waals surface area contributed by atoms with Crippen LogP contribution < -0.4 is 5.32 Å². The lowest BCUT2D eigenvalue weighted by Crippen LogP contribution is -2.17. The Kier molecular flexibility index (Phi) is 5.19. The van der Waals surface area contributed by atoms with Crippen molar-refractivity contribution in [2.24, 2.45) is 0 Å². The number of alkyl halides is 6. The molecule has 0 bridgehead atoms. The molecule has 0 unspecified atom stereocenters. The van der Waals surface area contributed by atoms with Crippen LogP contribution in [0.2, 0.25) is 0 Å². The molecule has 0 saturated heterocycles. The highest BCUT2D eigenvalue weighted by atomic mass is 32.1. The Morgan fingerprint density at radius 1 is 0.969 bits per heavy atom. The number of amides is 1. The Morgan fingerprint density at radius 3 is 2.12 bits per heavy atom. The van der Waals surface area contributed by atoms with E-state index in [1.54, 1.807) is 5.38 Å². The molecule has 4 rings (SSSR count). The zero-order valence-corrected chi connectivity index (χ0v) is 16.9. The monoisotopic (exact) mass is 470 g/mol. The second-order valence-electron chi connectivity index (χ2n) is 6.87. The van der Waals surface area contributed by atoms with Gasteiger partial charge in [-0.15, -0.1) is 16.4 Å². The summed E-state index contributed by atoms with van der Waals surface area (Å²) in [5.41, 5.74) is -1.46. The molecule has 0 fully saturated rings. The summed E-state index contributed by atoms with van der Waals surface area (Å²) in [6.45, 7) is 1.92. The average molecular weight is 470 g/mol. The van der Waals surface area contributed by atoms with Crippen LogP contribution in [0, 0.1) is 6.92 Å². The van der Waals surface area contributed by atoms with Crippen molar-refractivity contribution in [2.45, 2.75) is 19.3 Å². The molecule has 32 heavy (non-hydrogen) atoms. The quantitative estimate of drug-likeness (QED) is 0.371. The van der Waals surface area contributed by atoms with Gasteiger partial charge in [0.05, 0.1) is 16.8 Å². The Morgan fingerprint density at radius 2 is 1.56 bits per heavy atom. The lowest BCUT2D eigenvalue weighted by atomic mass is 10.0.